The van der Waals surface area contributed by atoms with Crippen LogP contribution in [0, 0.1) is 0 Å². The predicted octanol–water partition coefficient (Wildman–Crippen LogP) is 4.41. The van der Waals surface area contributed by atoms with E-state index < -0.39 is 11.9 Å². The van der Waals surface area contributed by atoms with Crippen LogP contribution in [0.15, 0.2) is 77.8 Å². The average molecular weight is 375 g/mol. The molecule has 3 aromatic rings. The Labute approximate surface area is 161 Å². The molecule has 0 heterocycles. The van der Waals surface area contributed by atoms with Crippen LogP contribution in [0.1, 0.15) is 31.8 Å². The minimum Gasteiger partial charge on any atom is -0.488 e. The highest BCUT2D eigenvalue weighted by atomic mass is 16.5. The van der Waals surface area contributed by atoms with Crippen molar-refractivity contribution < 1.29 is 24.5 Å². The van der Waals surface area contributed by atoms with Crippen molar-refractivity contribution >= 4 is 23.8 Å². The molecule has 0 fully saturated rings. The normalized spacial score (nSPS) is 10.7. The van der Waals surface area contributed by atoms with E-state index >= 15 is 0 Å². The van der Waals surface area contributed by atoms with Gasteiger partial charge in [-0.2, -0.15) is 0 Å². The first-order valence-corrected chi connectivity index (χ1v) is 8.44. The summed E-state index contributed by atoms with van der Waals surface area (Å²) in [5, 5.41) is 17.9. The van der Waals surface area contributed by atoms with Gasteiger partial charge >= 0.3 is 11.9 Å². The summed E-state index contributed by atoms with van der Waals surface area (Å²) < 4.78 is 5.85. The van der Waals surface area contributed by atoms with Gasteiger partial charge in [-0.15, -0.1) is 0 Å². The molecule has 0 aliphatic rings. The molecule has 2 N–H and O–H groups in total. The number of carbonyl (C=O) groups is 2. The Bertz CT molecular complexity index is 1010. The molecule has 0 unspecified atom stereocenters. The molecule has 0 saturated heterocycles. The van der Waals surface area contributed by atoms with Crippen LogP contribution in [0.25, 0.3) is 0 Å². The molecule has 28 heavy (non-hydrogen) atoms. The maximum absolute atomic E-state index is 10.9. The third-order valence-electron chi connectivity index (χ3n) is 3.98. The number of hydrogen-bond donors (Lipinski definition) is 2. The summed E-state index contributed by atoms with van der Waals surface area (Å²) in [6, 6.07) is 20.2. The summed E-state index contributed by atoms with van der Waals surface area (Å²) in [6.45, 7) is 0.290. The van der Waals surface area contributed by atoms with Crippen molar-refractivity contribution in [3.8, 4) is 5.75 Å². The van der Waals surface area contributed by atoms with E-state index in [9.17, 15) is 9.59 Å². The van der Waals surface area contributed by atoms with Gasteiger partial charge in [-0.05, 0) is 54.1 Å². The largest absolute Gasteiger partial charge is 0.488 e. The minimum absolute atomic E-state index is 0.205. The topological polar surface area (TPSA) is 96.2 Å². The number of ether oxygens (including phenoxy) is 1. The van der Waals surface area contributed by atoms with Gasteiger partial charge in [0, 0.05) is 11.8 Å². The summed E-state index contributed by atoms with van der Waals surface area (Å²) in [4.78, 5) is 26.2. The van der Waals surface area contributed by atoms with Gasteiger partial charge in [0.2, 0.25) is 0 Å². The van der Waals surface area contributed by atoms with Gasteiger partial charge in [0.1, 0.15) is 12.4 Å². The van der Waals surface area contributed by atoms with Crippen molar-refractivity contribution in [3.63, 3.8) is 0 Å². The van der Waals surface area contributed by atoms with E-state index in [-0.39, 0.29) is 17.7 Å². The zero-order valence-electron chi connectivity index (χ0n) is 14.8. The summed E-state index contributed by atoms with van der Waals surface area (Å²) in [5.41, 5.74) is 2.68. The van der Waals surface area contributed by atoms with E-state index in [2.05, 4.69) is 4.99 Å². The maximum atomic E-state index is 10.9. The summed E-state index contributed by atoms with van der Waals surface area (Å²) in [5.74, 6) is -1.31. The Hall–Kier alpha value is -3.93. The molecule has 0 atom stereocenters. The van der Waals surface area contributed by atoms with E-state index in [4.69, 9.17) is 14.9 Å². The van der Waals surface area contributed by atoms with Crippen LogP contribution in [0.4, 0.5) is 5.69 Å². The van der Waals surface area contributed by atoms with Gasteiger partial charge < -0.3 is 14.9 Å². The van der Waals surface area contributed by atoms with Gasteiger partial charge in [0.25, 0.3) is 0 Å². The Kier molecular flexibility index (Phi) is 5.81. The van der Waals surface area contributed by atoms with E-state index in [0.717, 1.165) is 11.1 Å². The number of carboxylic acid groups (broad SMARTS) is 2. The van der Waals surface area contributed by atoms with Gasteiger partial charge in [-0.3, -0.25) is 4.99 Å². The molecule has 0 saturated carbocycles. The second-order valence-corrected chi connectivity index (χ2v) is 5.94. The molecule has 0 spiro atoms. The van der Waals surface area contributed by atoms with Crippen LogP contribution in [0.3, 0.4) is 0 Å². The second-order valence-electron chi connectivity index (χ2n) is 5.94. The lowest BCUT2D eigenvalue weighted by Gasteiger charge is -2.09. The Balaban J connectivity index is 1.70. The van der Waals surface area contributed by atoms with Crippen LogP contribution in [0.2, 0.25) is 0 Å². The molecular weight excluding hydrogens is 358 g/mol. The highest BCUT2D eigenvalue weighted by Crippen LogP contribution is 2.20. The smallest absolute Gasteiger partial charge is 0.335 e. The fourth-order valence-corrected chi connectivity index (χ4v) is 2.46. The van der Waals surface area contributed by atoms with Crippen LogP contribution >= 0.6 is 0 Å². The number of benzene rings is 3. The Morgan fingerprint density at radius 1 is 0.821 bits per heavy atom. The first-order valence-electron chi connectivity index (χ1n) is 8.44. The van der Waals surface area contributed by atoms with Crippen molar-refractivity contribution in [1.82, 2.24) is 0 Å². The molecule has 0 aliphatic carbocycles. The zero-order chi connectivity index (χ0) is 19.9. The number of nitrogens with zero attached hydrogens (tertiary/aromatic N) is 1. The Morgan fingerprint density at radius 2 is 1.39 bits per heavy atom. The van der Waals surface area contributed by atoms with Crippen molar-refractivity contribution in [2.45, 2.75) is 6.61 Å². The SMILES string of the molecule is O=C(O)c1ccc(COc2ccccc2C=Nc2ccc(C(=O)O)cc2)cc1. The third-order valence-corrected chi connectivity index (χ3v) is 3.98. The number of rotatable bonds is 7. The molecule has 6 heteroatoms. The van der Waals surface area contributed by atoms with Gasteiger partial charge in [0.15, 0.2) is 0 Å². The van der Waals surface area contributed by atoms with Gasteiger partial charge in [0.05, 0.1) is 16.8 Å². The first-order chi connectivity index (χ1) is 13.5. The van der Waals surface area contributed by atoms with Crippen molar-refractivity contribution in [2.24, 2.45) is 4.99 Å². The summed E-state index contributed by atoms with van der Waals surface area (Å²) >= 11 is 0. The fraction of sp³-hybridized carbons (Fsp3) is 0.0455. The first kappa shape index (κ1) is 18.8. The molecule has 140 valence electrons. The molecule has 0 radical (unpaired) electrons. The highest BCUT2D eigenvalue weighted by Gasteiger charge is 2.05. The molecule has 0 amide bonds. The monoisotopic (exact) mass is 375 g/mol. The lowest BCUT2D eigenvalue weighted by molar-refractivity contribution is 0.0686. The molecule has 0 aliphatic heterocycles. The zero-order valence-corrected chi connectivity index (χ0v) is 14.8. The molecule has 3 aromatic carbocycles. The molecule has 6 nitrogen and oxygen atoms in total. The number of hydrogen-bond acceptors (Lipinski definition) is 4. The van der Waals surface area contributed by atoms with E-state index in [1.165, 1.54) is 24.3 Å². The Morgan fingerprint density at radius 3 is 2.00 bits per heavy atom. The number of aliphatic imine (C=N–C) groups is 1. The maximum Gasteiger partial charge on any atom is 0.335 e. The fourth-order valence-electron chi connectivity index (χ4n) is 2.46. The van der Waals surface area contributed by atoms with Crippen molar-refractivity contribution in [3.05, 3.63) is 95.1 Å². The van der Waals surface area contributed by atoms with Crippen LogP contribution in [-0.4, -0.2) is 28.4 Å². The lowest BCUT2D eigenvalue weighted by atomic mass is 10.1. The second kappa shape index (κ2) is 8.64. The highest BCUT2D eigenvalue weighted by molar-refractivity contribution is 5.89. The number of aromatic carboxylic acids is 2. The predicted molar refractivity (Wildman–Crippen MR) is 105 cm³/mol. The van der Waals surface area contributed by atoms with Gasteiger partial charge in [-0.1, -0.05) is 24.3 Å². The van der Waals surface area contributed by atoms with Crippen molar-refractivity contribution in [2.75, 3.05) is 0 Å². The quantitative estimate of drug-likeness (QED) is 0.596. The summed E-state index contributed by atoms with van der Waals surface area (Å²) in [7, 11) is 0. The van der Waals surface area contributed by atoms with Crippen LogP contribution in [-0.2, 0) is 6.61 Å². The lowest BCUT2D eigenvalue weighted by Crippen LogP contribution is -2.00. The van der Waals surface area contributed by atoms with E-state index in [0.29, 0.717) is 11.4 Å². The van der Waals surface area contributed by atoms with Crippen LogP contribution < -0.4 is 4.74 Å². The van der Waals surface area contributed by atoms with E-state index in [1.54, 1.807) is 30.5 Å². The number of para-hydroxylation sites is 1. The minimum atomic E-state index is -0.981. The average Bonchev–Trinajstić information content (AvgIpc) is 2.72. The standard InChI is InChI=1S/C22H17NO5/c24-21(25)16-7-5-15(6-8-16)14-28-20-4-2-1-3-18(20)13-23-19-11-9-17(10-12-19)22(26)27/h1-13H,14H2,(H,24,25)(H,26,27). The third kappa shape index (κ3) is 4.82. The van der Waals surface area contributed by atoms with Crippen molar-refractivity contribution in [1.29, 1.82) is 0 Å². The van der Waals surface area contributed by atoms with Gasteiger partial charge in [-0.25, -0.2) is 9.59 Å². The van der Waals surface area contributed by atoms with Crippen LogP contribution in [0.5, 0.6) is 5.75 Å². The molecule has 0 aromatic heterocycles. The summed E-state index contributed by atoms with van der Waals surface area (Å²) in [6.07, 6.45) is 1.65. The number of carboxylic acids is 2. The molecule has 3 rings (SSSR count). The molecular formula is C22H17NO5. The molecule has 0 bridgehead atoms. The van der Waals surface area contributed by atoms with E-state index in [1.807, 2.05) is 24.3 Å².